The second-order valence-electron chi connectivity index (χ2n) is 3.59. The lowest BCUT2D eigenvalue weighted by Gasteiger charge is -2.05. The van der Waals surface area contributed by atoms with Crippen LogP contribution < -0.4 is 10.9 Å². The van der Waals surface area contributed by atoms with Crippen molar-refractivity contribution in [3.8, 4) is 0 Å². The van der Waals surface area contributed by atoms with E-state index < -0.39 is 17.8 Å². The Kier molecular flexibility index (Phi) is 4.05. The minimum atomic E-state index is -1.23. The highest BCUT2D eigenvalue weighted by Crippen LogP contribution is 2.06. The van der Waals surface area contributed by atoms with E-state index in [1.165, 1.54) is 11.3 Å². The molecule has 0 aliphatic rings. The van der Waals surface area contributed by atoms with E-state index in [1.54, 1.807) is 17.5 Å². The van der Waals surface area contributed by atoms with Gasteiger partial charge >= 0.3 is 5.97 Å². The molecule has 20 heavy (non-hydrogen) atoms. The van der Waals surface area contributed by atoms with E-state index >= 15 is 0 Å². The van der Waals surface area contributed by atoms with Crippen molar-refractivity contribution in [1.29, 1.82) is 0 Å². The summed E-state index contributed by atoms with van der Waals surface area (Å²) < 4.78 is 1.05. The number of aromatic nitrogens is 3. The highest BCUT2D eigenvalue weighted by molar-refractivity contribution is 7.12. The van der Waals surface area contributed by atoms with E-state index in [-0.39, 0.29) is 12.2 Å². The molecule has 0 aliphatic carbocycles. The molecule has 0 atom stereocenters. The first kappa shape index (κ1) is 13.7. The normalized spacial score (nSPS) is 10.0. The molecular formula is C10H9N5O4S. The van der Waals surface area contributed by atoms with Gasteiger partial charge in [-0.25, -0.2) is 9.48 Å². The summed E-state index contributed by atoms with van der Waals surface area (Å²) in [7, 11) is 0. The SMILES string of the molecule is O=C(Cn1cc(C(=O)O)nn1)NNC(=O)c1cccs1. The number of amides is 2. The number of nitrogens with zero attached hydrogens (tertiary/aromatic N) is 3. The molecule has 2 rings (SSSR count). The van der Waals surface area contributed by atoms with Crippen LogP contribution in [0.25, 0.3) is 0 Å². The third-order valence-corrected chi connectivity index (χ3v) is 2.99. The van der Waals surface area contributed by atoms with Crippen molar-refractivity contribution >= 4 is 29.1 Å². The second kappa shape index (κ2) is 5.93. The molecule has 0 bridgehead atoms. The van der Waals surface area contributed by atoms with E-state index in [2.05, 4.69) is 21.2 Å². The van der Waals surface area contributed by atoms with Gasteiger partial charge < -0.3 is 5.11 Å². The summed E-state index contributed by atoms with van der Waals surface area (Å²) in [5.74, 6) is -2.22. The standard InChI is InChI=1S/C10H9N5O4S/c16-8(5-15-4-6(10(18)19)11-14-15)12-13-9(17)7-2-1-3-20-7/h1-4H,5H2,(H,12,16)(H,13,17)(H,18,19). The van der Waals surface area contributed by atoms with E-state index in [0.29, 0.717) is 4.88 Å². The summed E-state index contributed by atoms with van der Waals surface area (Å²) in [4.78, 5) is 34.1. The number of hydrogen-bond acceptors (Lipinski definition) is 6. The van der Waals surface area contributed by atoms with Crippen LogP contribution in [0, 0.1) is 0 Å². The highest BCUT2D eigenvalue weighted by atomic mass is 32.1. The molecule has 0 unspecified atom stereocenters. The summed E-state index contributed by atoms with van der Waals surface area (Å²) in [5.41, 5.74) is 4.16. The summed E-state index contributed by atoms with van der Waals surface area (Å²) in [6.45, 7) is -0.259. The van der Waals surface area contributed by atoms with Crippen molar-refractivity contribution in [2.24, 2.45) is 0 Å². The molecule has 2 heterocycles. The first-order valence-corrected chi connectivity index (χ1v) is 6.20. The van der Waals surface area contributed by atoms with Gasteiger partial charge in [-0.1, -0.05) is 11.3 Å². The summed E-state index contributed by atoms with van der Waals surface area (Å²) in [6, 6.07) is 3.33. The van der Waals surface area contributed by atoms with Crippen LogP contribution in [0.5, 0.6) is 0 Å². The molecule has 0 spiro atoms. The van der Waals surface area contributed by atoms with Crippen LogP contribution in [-0.2, 0) is 11.3 Å². The number of carbonyl (C=O) groups is 3. The first-order chi connectivity index (χ1) is 9.56. The van der Waals surface area contributed by atoms with Gasteiger partial charge in [0, 0.05) is 0 Å². The Morgan fingerprint density at radius 3 is 2.75 bits per heavy atom. The molecule has 0 saturated heterocycles. The van der Waals surface area contributed by atoms with Crippen LogP contribution in [-0.4, -0.2) is 37.9 Å². The number of nitrogens with one attached hydrogen (secondary N) is 2. The molecule has 9 nitrogen and oxygen atoms in total. The van der Waals surface area contributed by atoms with Crippen molar-refractivity contribution in [2.45, 2.75) is 6.54 Å². The fourth-order valence-electron chi connectivity index (χ4n) is 1.26. The van der Waals surface area contributed by atoms with Crippen molar-refractivity contribution < 1.29 is 19.5 Å². The van der Waals surface area contributed by atoms with Gasteiger partial charge in [-0.15, -0.1) is 16.4 Å². The van der Waals surface area contributed by atoms with Gasteiger partial charge in [0.2, 0.25) is 0 Å². The van der Waals surface area contributed by atoms with E-state index in [1.807, 2.05) is 0 Å². The molecule has 0 fully saturated rings. The highest BCUT2D eigenvalue weighted by Gasteiger charge is 2.12. The minimum absolute atomic E-state index is 0.259. The third kappa shape index (κ3) is 3.38. The lowest BCUT2D eigenvalue weighted by atomic mass is 10.4. The maximum absolute atomic E-state index is 11.5. The summed E-state index contributed by atoms with van der Waals surface area (Å²) in [6.07, 6.45) is 1.11. The van der Waals surface area contributed by atoms with Crippen LogP contribution >= 0.6 is 11.3 Å². The van der Waals surface area contributed by atoms with Crippen molar-refractivity contribution in [3.63, 3.8) is 0 Å². The van der Waals surface area contributed by atoms with Gasteiger partial charge in [0.25, 0.3) is 11.8 Å². The van der Waals surface area contributed by atoms with Gasteiger partial charge in [0.1, 0.15) is 6.54 Å². The zero-order valence-corrected chi connectivity index (χ0v) is 10.8. The second-order valence-corrected chi connectivity index (χ2v) is 4.53. The van der Waals surface area contributed by atoms with Crippen LogP contribution in [0.1, 0.15) is 20.2 Å². The number of carbonyl (C=O) groups excluding carboxylic acids is 2. The van der Waals surface area contributed by atoms with Gasteiger partial charge in [0.15, 0.2) is 5.69 Å². The molecule has 0 radical (unpaired) electrons. The van der Waals surface area contributed by atoms with Crippen LogP contribution in [0.15, 0.2) is 23.7 Å². The topological polar surface area (TPSA) is 126 Å². The lowest BCUT2D eigenvalue weighted by molar-refractivity contribution is -0.122. The zero-order chi connectivity index (χ0) is 14.5. The molecule has 3 N–H and O–H groups in total. The molecule has 2 aromatic heterocycles. The number of rotatable bonds is 4. The summed E-state index contributed by atoms with van der Waals surface area (Å²) >= 11 is 1.24. The number of carboxylic acid groups (broad SMARTS) is 1. The quantitative estimate of drug-likeness (QED) is 0.653. The van der Waals surface area contributed by atoms with Gasteiger partial charge in [0.05, 0.1) is 11.1 Å². The Morgan fingerprint density at radius 1 is 1.35 bits per heavy atom. The van der Waals surface area contributed by atoms with Gasteiger partial charge in [-0.2, -0.15) is 0 Å². The number of hydrogen-bond donors (Lipinski definition) is 3. The van der Waals surface area contributed by atoms with Crippen molar-refractivity contribution in [3.05, 3.63) is 34.3 Å². The van der Waals surface area contributed by atoms with Crippen LogP contribution in [0.4, 0.5) is 0 Å². The fourth-order valence-corrected chi connectivity index (χ4v) is 1.88. The third-order valence-electron chi connectivity index (χ3n) is 2.12. The van der Waals surface area contributed by atoms with E-state index in [0.717, 1.165) is 10.9 Å². The molecule has 2 aromatic rings. The Bertz CT molecular complexity index is 636. The summed E-state index contributed by atoms with van der Waals surface area (Å²) in [5, 5.41) is 17.2. The Hall–Kier alpha value is -2.75. The Labute approximate surface area is 116 Å². The maximum atomic E-state index is 11.5. The average molecular weight is 295 g/mol. The molecule has 0 aromatic carbocycles. The van der Waals surface area contributed by atoms with Gasteiger partial charge in [-0.05, 0) is 11.4 Å². The smallest absolute Gasteiger partial charge is 0.358 e. The zero-order valence-electron chi connectivity index (χ0n) is 9.94. The number of carboxylic acids is 1. The van der Waals surface area contributed by atoms with Crippen LogP contribution in [0.3, 0.4) is 0 Å². The van der Waals surface area contributed by atoms with Crippen LogP contribution in [0.2, 0.25) is 0 Å². The van der Waals surface area contributed by atoms with Crippen molar-refractivity contribution in [1.82, 2.24) is 25.8 Å². The molecule has 0 saturated carbocycles. The lowest BCUT2D eigenvalue weighted by Crippen LogP contribution is -2.43. The largest absolute Gasteiger partial charge is 0.476 e. The Morgan fingerprint density at radius 2 is 2.15 bits per heavy atom. The number of hydrazine groups is 1. The molecule has 10 heteroatoms. The molecule has 104 valence electrons. The van der Waals surface area contributed by atoms with Crippen molar-refractivity contribution in [2.75, 3.05) is 0 Å². The minimum Gasteiger partial charge on any atom is -0.476 e. The monoisotopic (exact) mass is 295 g/mol. The van der Waals surface area contributed by atoms with E-state index in [4.69, 9.17) is 5.11 Å². The predicted molar refractivity (Wildman–Crippen MR) is 66.9 cm³/mol. The fraction of sp³-hybridized carbons (Fsp3) is 0.100. The van der Waals surface area contributed by atoms with E-state index in [9.17, 15) is 14.4 Å². The number of thiophene rings is 1. The average Bonchev–Trinajstić information content (AvgIpc) is 3.06. The molecular weight excluding hydrogens is 286 g/mol. The predicted octanol–water partition coefficient (Wildman–Crippen LogP) is -0.501. The first-order valence-electron chi connectivity index (χ1n) is 5.32. The van der Waals surface area contributed by atoms with Gasteiger partial charge in [-0.3, -0.25) is 20.4 Å². The Balaban J connectivity index is 1.83. The maximum Gasteiger partial charge on any atom is 0.358 e. The molecule has 2 amide bonds. The number of aromatic carboxylic acids is 1. The molecule has 0 aliphatic heterocycles.